The number of carbonyl (C=O) groups excluding carboxylic acids is 3. The van der Waals surface area contributed by atoms with Gasteiger partial charge in [0.1, 0.15) is 0 Å². The molecular weight excluding hydrogens is 438 g/mol. The highest BCUT2D eigenvalue weighted by Crippen LogP contribution is 2.31. The summed E-state index contributed by atoms with van der Waals surface area (Å²) in [5, 5.41) is 3.55. The van der Waals surface area contributed by atoms with Crippen LogP contribution in [0.4, 0.5) is 5.69 Å². The van der Waals surface area contributed by atoms with Crippen LogP contribution in [-0.2, 0) is 0 Å². The number of rotatable bonds is 6. The van der Waals surface area contributed by atoms with E-state index in [1.807, 2.05) is 62.3 Å². The van der Waals surface area contributed by atoms with Gasteiger partial charge < -0.3 is 10.2 Å². The Hall–Kier alpha value is -3.48. The van der Waals surface area contributed by atoms with Gasteiger partial charge in [-0.2, -0.15) is 0 Å². The van der Waals surface area contributed by atoms with E-state index in [2.05, 4.69) is 5.32 Å². The molecule has 33 heavy (non-hydrogen) atoms. The lowest BCUT2D eigenvalue weighted by atomic mass is 10.0. The third kappa shape index (κ3) is 4.27. The highest BCUT2D eigenvalue weighted by Gasteiger charge is 2.37. The first-order chi connectivity index (χ1) is 15.8. The van der Waals surface area contributed by atoms with Crippen molar-refractivity contribution in [2.75, 3.05) is 25.5 Å². The third-order valence-corrected chi connectivity index (χ3v) is 6.19. The van der Waals surface area contributed by atoms with Crippen molar-refractivity contribution < 1.29 is 14.4 Å². The van der Waals surface area contributed by atoms with Gasteiger partial charge >= 0.3 is 0 Å². The average molecular weight is 462 g/mol. The van der Waals surface area contributed by atoms with E-state index in [0.717, 1.165) is 11.1 Å². The number of anilines is 1. The van der Waals surface area contributed by atoms with Gasteiger partial charge in [0.15, 0.2) is 0 Å². The second-order valence-corrected chi connectivity index (χ2v) is 8.61. The van der Waals surface area contributed by atoms with Crippen LogP contribution in [0.25, 0.3) is 0 Å². The smallest absolute Gasteiger partial charge is 0.266 e. The molecule has 0 saturated heterocycles. The molecule has 0 spiro atoms. The topological polar surface area (TPSA) is 69.7 Å². The highest BCUT2D eigenvalue weighted by atomic mass is 35.5. The molecule has 6 nitrogen and oxygen atoms in total. The van der Waals surface area contributed by atoms with E-state index in [4.69, 9.17) is 11.6 Å². The minimum atomic E-state index is -0.429. The first-order valence-corrected chi connectivity index (χ1v) is 10.9. The molecule has 3 aromatic carbocycles. The maximum absolute atomic E-state index is 13.1. The zero-order chi connectivity index (χ0) is 23.7. The molecule has 1 heterocycles. The number of nitrogens with one attached hydrogen (secondary N) is 1. The SMILES string of the molecule is Cc1ccccc1N1C(=O)c2ccc(C(=O)NCC(c3ccccc3Cl)N(C)C)cc2C1=O. The molecule has 1 aliphatic rings. The predicted octanol–water partition coefficient (Wildman–Crippen LogP) is 4.48. The van der Waals surface area contributed by atoms with Crippen LogP contribution < -0.4 is 10.2 Å². The Labute approximate surface area is 197 Å². The number of likely N-dealkylation sites (N-methyl/N-ethyl adjacent to an activating group) is 1. The van der Waals surface area contributed by atoms with Crippen molar-refractivity contribution in [2.24, 2.45) is 0 Å². The van der Waals surface area contributed by atoms with Crippen molar-refractivity contribution in [3.8, 4) is 0 Å². The standard InChI is InChI=1S/C26H24ClN3O3/c1-16-8-4-7-11-22(16)30-25(32)18-13-12-17(14-20(18)26(30)33)24(31)28-15-23(29(2)3)19-9-5-6-10-21(19)27/h4-14,23H,15H2,1-3H3,(H,28,31). The number of para-hydroxylation sites is 1. The molecule has 0 aromatic heterocycles. The number of amides is 3. The Balaban J connectivity index is 1.55. The average Bonchev–Trinajstić information content (AvgIpc) is 3.04. The van der Waals surface area contributed by atoms with Crippen molar-refractivity contribution in [2.45, 2.75) is 13.0 Å². The quantitative estimate of drug-likeness (QED) is 0.549. The molecular formula is C26H24ClN3O3. The zero-order valence-corrected chi connectivity index (χ0v) is 19.4. The van der Waals surface area contributed by atoms with E-state index < -0.39 is 5.91 Å². The molecule has 0 radical (unpaired) electrons. The lowest BCUT2D eigenvalue weighted by Crippen LogP contribution is -2.34. The number of aryl methyl sites for hydroxylation is 1. The Kier molecular flexibility index (Phi) is 6.31. The van der Waals surface area contributed by atoms with Crippen LogP contribution in [0.5, 0.6) is 0 Å². The van der Waals surface area contributed by atoms with Gasteiger partial charge in [-0.3, -0.25) is 14.4 Å². The van der Waals surface area contributed by atoms with Crippen molar-refractivity contribution in [1.29, 1.82) is 0 Å². The molecule has 0 fully saturated rings. The lowest BCUT2D eigenvalue weighted by molar-refractivity contribution is 0.0922. The van der Waals surface area contributed by atoms with Gasteiger partial charge in [-0.05, 0) is 62.5 Å². The van der Waals surface area contributed by atoms with Crippen LogP contribution >= 0.6 is 11.6 Å². The summed E-state index contributed by atoms with van der Waals surface area (Å²) in [6.45, 7) is 2.17. The van der Waals surface area contributed by atoms with Crippen molar-refractivity contribution in [1.82, 2.24) is 10.2 Å². The number of hydrogen-bond acceptors (Lipinski definition) is 4. The summed E-state index contributed by atoms with van der Waals surface area (Å²) in [6.07, 6.45) is 0. The summed E-state index contributed by atoms with van der Waals surface area (Å²) < 4.78 is 0. The molecule has 3 amide bonds. The van der Waals surface area contributed by atoms with Crippen LogP contribution in [0.3, 0.4) is 0 Å². The fourth-order valence-electron chi connectivity index (χ4n) is 4.02. The molecule has 1 N–H and O–H groups in total. The molecule has 1 atom stereocenters. The van der Waals surface area contributed by atoms with E-state index in [1.54, 1.807) is 24.3 Å². The summed E-state index contributed by atoms with van der Waals surface area (Å²) in [6, 6.07) is 19.2. The molecule has 1 aliphatic heterocycles. The van der Waals surface area contributed by atoms with Crippen LogP contribution in [-0.4, -0.2) is 43.3 Å². The van der Waals surface area contributed by atoms with Gasteiger partial charge in [0, 0.05) is 17.1 Å². The second-order valence-electron chi connectivity index (χ2n) is 8.20. The summed E-state index contributed by atoms with van der Waals surface area (Å²) in [5.41, 5.74) is 3.11. The normalized spacial score (nSPS) is 13.9. The van der Waals surface area contributed by atoms with Crippen molar-refractivity contribution in [3.05, 3.63) is 99.6 Å². The number of benzene rings is 3. The molecule has 0 saturated carbocycles. The van der Waals surface area contributed by atoms with Gasteiger partial charge in [-0.1, -0.05) is 48.0 Å². The van der Waals surface area contributed by atoms with Crippen LogP contribution in [0.2, 0.25) is 5.02 Å². The zero-order valence-electron chi connectivity index (χ0n) is 18.6. The van der Waals surface area contributed by atoms with E-state index in [-0.39, 0.29) is 23.4 Å². The predicted molar refractivity (Wildman–Crippen MR) is 129 cm³/mol. The van der Waals surface area contributed by atoms with Crippen LogP contribution in [0.1, 0.15) is 48.2 Å². The maximum Gasteiger partial charge on any atom is 0.266 e. The number of imide groups is 1. The summed E-state index contributed by atoms with van der Waals surface area (Å²) in [7, 11) is 3.83. The largest absolute Gasteiger partial charge is 0.350 e. The summed E-state index contributed by atoms with van der Waals surface area (Å²) in [4.78, 5) is 42.0. The summed E-state index contributed by atoms with van der Waals surface area (Å²) >= 11 is 6.35. The van der Waals surface area contributed by atoms with Gasteiger partial charge in [0.2, 0.25) is 0 Å². The van der Waals surface area contributed by atoms with Gasteiger partial charge in [0.25, 0.3) is 17.7 Å². The van der Waals surface area contributed by atoms with Crippen molar-refractivity contribution in [3.63, 3.8) is 0 Å². The Morgan fingerprint density at radius 1 is 0.970 bits per heavy atom. The van der Waals surface area contributed by atoms with E-state index >= 15 is 0 Å². The molecule has 0 aliphatic carbocycles. The fraction of sp³-hybridized carbons (Fsp3) is 0.192. The summed E-state index contributed by atoms with van der Waals surface area (Å²) in [5.74, 6) is -1.14. The van der Waals surface area contributed by atoms with Crippen LogP contribution in [0.15, 0.2) is 66.7 Å². The molecule has 7 heteroatoms. The first-order valence-electron chi connectivity index (χ1n) is 10.6. The number of hydrogen-bond donors (Lipinski definition) is 1. The lowest BCUT2D eigenvalue weighted by Gasteiger charge is -2.26. The molecule has 0 bridgehead atoms. The Morgan fingerprint density at radius 2 is 1.64 bits per heavy atom. The fourth-order valence-corrected chi connectivity index (χ4v) is 4.28. The van der Waals surface area contributed by atoms with Gasteiger partial charge in [0.05, 0.1) is 22.9 Å². The molecule has 168 valence electrons. The Bertz CT molecular complexity index is 1260. The number of halogens is 1. The van der Waals surface area contributed by atoms with E-state index in [9.17, 15) is 14.4 Å². The first kappa shape index (κ1) is 22.7. The van der Waals surface area contributed by atoms with Crippen molar-refractivity contribution >= 4 is 35.0 Å². The van der Waals surface area contributed by atoms with E-state index in [1.165, 1.54) is 11.0 Å². The molecule has 1 unspecified atom stereocenters. The highest BCUT2D eigenvalue weighted by molar-refractivity contribution is 6.35. The molecule has 4 rings (SSSR count). The second kappa shape index (κ2) is 9.17. The van der Waals surface area contributed by atoms with Gasteiger partial charge in [-0.25, -0.2) is 4.90 Å². The van der Waals surface area contributed by atoms with Crippen LogP contribution in [0, 0.1) is 6.92 Å². The van der Waals surface area contributed by atoms with E-state index in [0.29, 0.717) is 28.4 Å². The number of carbonyl (C=O) groups is 3. The third-order valence-electron chi connectivity index (χ3n) is 5.85. The number of nitrogens with zero attached hydrogens (tertiary/aromatic N) is 2. The van der Waals surface area contributed by atoms with Gasteiger partial charge in [-0.15, -0.1) is 0 Å². The minimum absolute atomic E-state index is 0.128. The maximum atomic E-state index is 13.1. The Morgan fingerprint density at radius 3 is 2.33 bits per heavy atom. The number of fused-ring (bicyclic) bond motifs is 1. The molecule has 3 aromatic rings. The minimum Gasteiger partial charge on any atom is -0.350 e. The monoisotopic (exact) mass is 461 g/mol.